The summed E-state index contributed by atoms with van der Waals surface area (Å²) in [4.78, 5) is 0. The molecule has 0 N–H and O–H groups in total. The zero-order valence-corrected chi connectivity index (χ0v) is 15.7. The van der Waals surface area contributed by atoms with Gasteiger partial charge in [-0.1, -0.05) is 37.6 Å². The molecule has 1 heterocycles. The average molecular weight is 340 g/mol. The summed E-state index contributed by atoms with van der Waals surface area (Å²) in [5, 5.41) is 9.46. The standard InChI is InChI=1S/C22H31N2O/c1-22(2)13-6-8-19(22)12-16-24(17-14-23)15-7-9-20(24)18-25-21-10-4-3-5-11-21/h3-5,10-12,20H,6-9,13,15-18H2,1-2H3/q+1/b19-12+. The van der Waals surface area contributed by atoms with Crippen LogP contribution in [-0.4, -0.2) is 36.8 Å². The van der Waals surface area contributed by atoms with Crippen LogP contribution >= 0.6 is 0 Å². The lowest BCUT2D eigenvalue weighted by Crippen LogP contribution is -2.54. The van der Waals surface area contributed by atoms with Crippen LogP contribution in [0.2, 0.25) is 0 Å². The minimum Gasteiger partial charge on any atom is -0.487 e. The molecule has 25 heavy (non-hydrogen) atoms. The molecule has 2 fully saturated rings. The summed E-state index contributed by atoms with van der Waals surface area (Å²) in [6, 6.07) is 12.9. The Balaban J connectivity index is 1.71. The molecule has 2 aliphatic rings. The van der Waals surface area contributed by atoms with E-state index in [0.29, 0.717) is 24.6 Å². The molecule has 3 nitrogen and oxygen atoms in total. The third kappa shape index (κ3) is 4.07. The second-order valence-corrected chi connectivity index (χ2v) is 8.33. The first-order chi connectivity index (χ1) is 12.1. The van der Waals surface area contributed by atoms with E-state index in [2.05, 4.69) is 26.0 Å². The number of quaternary nitrogens is 1. The Labute approximate surface area is 152 Å². The minimum absolute atomic E-state index is 0.340. The van der Waals surface area contributed by atoms with Crippen molar-refractivity contribution in [3.63, 3.8) is 0 Å². The monoisotopic (exact) mass is 339 g/mol. The Morgan fingerprint density at radius 2 is 2.08 bits per heavy atom. The van der Waals surface area contributed by atoms with Crippen molar-refractivity contribution in [2.24, 2.45) is 5.41 Å². The van der Waals surface area contributed by atoms with Crippen LogP contribution in [0.25, 0.3) is 0 Å². The van der Waals surface area contributed by atoms with Gasteiger partial charge < -0.3 is 9.22 Å². The predicted molar refractivity (Wildman–Crippen MR) is 101 cm³/mol. The van der Waals surface area contributed by atoms with Crippen molar-refractivity contribution in [3.05, 3.63) is 42.0 Å². The maximum absolute atomic E-state index is 9.46. The quantitative estimate of drug-likeness (QED) is 0.427. The smallest absolute Gasteiger partial charge is 0.167 e. The molecule has 0 radical (unpaired) electrons. The van der Waals surface area contributed by atoms with Crippen molar-refractivity contribution in [1.29, 1.82) is 5.26 Å². The molecule has 2 unspecified atom stereocenters. The number of rotatable bonds is 6. The molecule has 0 aromatic heterocycles. The fourth-order valence-corrected chi connectivity index (χ4v) is 4.59. The number of ether oxygens (including phenoxy) is 1. The van der Waals surface area contributed by atoms with Crippen molar-refractivity contribution in [2.45, 2.75) is 52.0 Å². The van der Waals surface area contributed by atoms with Crippen LogP contribution in [-0.2, 0) is 0 Å². The fourth-order valence-electron chi connectivity index (χ4n) is 4.59. The number of likely N-dealkylation sites (tertiary alicyclic amines) is 1. The van der Waals surface area contributed by atoms with Crippen LogP contribution in [0.15, 0.2) is 42.0 Å². The van der Waals surface area contributed by atoms with Gasteiger partial charge in [-0.3, -0.25) is 0 Å². The topological polar surface area (TPSA) is 33.0 Å². The summed E-state index contributed by atoms with van der Waals surface area (Å²) in [5.41, 5.74) is 1.93. The highest BCUT2D eigenvalue weighted by Crippen LogP contribution is 2.42. The second-order valence-electron chi connectivity index (χ2n) is 8.33. The molecule has 1 aliphatic carbocycles. The zero-order valence-electron chi connectivity index (χ0n) is 15.7. The Bertz CT molecular complexity index is 644. The number of benzene rings is 1. The predicted octanol–water partition coefficient (Wildman–Crippen LogP) is 4.70. The van der Waals surface area contributed by atoms with E-state index >= 15 is 0 Å². The molecule has 0 bridgehead atoms. The van der Waals surface area contributed by atoms with Gasteiger partial charge in [-0.15, -0.1) is 0 Å². The first kappa shape index (κ1) is 18.0. The summed E-state index contributed by atoms with van der Waals surface area (Å²) in [7, 11) is 0. The minimum atomic E-state index is 0.340. The lowest BCUT2D eigenvalue weighted by Gasteiger charge is -2.37. The molecule has 3 rings (SSSR count). The molecule has 1 aromatic rings. The SMILES string of the molecule is CC1(C)CCC/C1=C\C[N+]1(CC#N)CCCC1COc1ccccc1. The molecule has 1 aliphatic heterocycles. The summed E-state index contributed by atoms with van der Waals surface area (Å²) in [5.74, 6) is 0.930. The fraction of sp³-hybridized carbons (Fsp3) is 0.591. The van der Waals surface area contributed by atoms with Crippen molar-refractivity contribution in [3.8, 4) is 11.8 Å². The highest BCUT2D eigenvalue weighted by atomic mass is 16.5. The third-order valence-electron chi connectivity index (χ3n) is 6.31. The largest absolute Gasteiger partial charge is 0.487 e. The number of para-hydroxylation sites is 1. The molecule has 3 heteroatoms. The molecular formula is C22H31N2O+. The lowest BCUT2D eigenvalue weighted by atomic mass is 9.87. The number of hydrogen-bond acceptors (Lipinski definition) is 2. The summed E-state index contributed by atoms with van der Waals surface area (Å²) >= 11 is 0. The Morgan fingerprint density at radius 1 is 1.28 bits per heavy atom. The van der Waals surface area contributed by atoms with Crippen molar-refractivity contribution >= 4 is 0 Å². The van der Waals surface area contributed by atoms with Crippen LogP contribution in [0.4, 0.5) is 0 Å². The van der Waals surface area contributed by atoms with Gasteiger partial charge >= 0.3 is 0 Å². The summed E-state index contributed by atoms with van der Waals surface area (Å²) in [6.45, 7) is 8.10. The Kier molecular flexibility index (Phi) is 5.49. The van der Waals surface area contributed by atoms with Gasteiger partial charge in [0.15, 0.2) is 6.54 Å². The molecule has 0 spiro atoms. The van der Waals surface area contributed by atoms with Crippen molar-refractivity contribution in [1.82, 2.24) is 0 Å². The van der Waals surface area contributed by atoms with E-state index in [1.54, 1.807) is 5.57 Å². The van der Waals surface area contributed by atoms with E-state index in [4.69, 9.17) is 4.74 Å². The maximum atomic E-state index is 9.46. The van der Waals surface area contributed by atoms with Crippen LogP contribution < -0.4 is 4.74 Å². The Hall–Kier alpha value is -1.79. The van der Waals surface area contributed by atoms with Gasteiger partial charge in [-0.2, -0.15) is 5.26 Å². The zero-order chi connectivity index (χ0) is 17.8. The number of nitriles is 1. The van der Waals surface area contributed by atoms with Gasteiger partial charge in [-0.05, 0) is 42.9 Å². The normalized spacial score (nSPS) is 29.6. The van der Waals surface area contributed by atoms with E-state index in [-0.39, 0.29) is 0 Å². The lowest BCUT2D eigenvalue weighted by molar-refractivity contribution is -0.927. The van der Waals surface area contributed by atoms with Crippen LogP contribution in [0, 0.1) is 16.7 Å². The van der Waals surface area contributed by atoms with Gasteiger partial charge in [0.1, 0.15) is 24.5 Å². The first-order valence-corrected chi connectivity index (χ1v) is 9.66. The van der Waals surface area contributed by atoms with Gasteiger partial charge in [0.05, 0.1) is 13.1 Å². The highest BCUT2D eigenvalue weighted by molar-refractivity contribution is 5.21. The third-order valence-corrected chi connectivity index (χ3v) is 6.31. The molecule has 1 aromatic carbocycles. The highest BCUT2D eigenvalue weighted by Gasteiger charge is 2.42. The molecular weight excluding hydrogens is 308 g/mol. The Morgan fingerprint density at radius 3 is 2.76 bits per heavy atom. The molecule has 134 valence electrons. The maximum Gasteiger partial charge on any atom is 0.167 e. The van der Waals surface area contributed by atoms with Gasteiger partial charge in [0, 0.05) is 12.8 Å². The van der Waals surface area contributed by atoms with Crippen LogP contribution in [0.5, 0.6) is 5.75 Å². The van der Waals surface area contributed by atoms with Gasteiger partial charge in [0.25, 0.3) is 0 Å². The molecule has 0 amide bonds. The number of allylic oxidation sites excluding steroid dienone is 1. The molecule has 1 saturated heterocycles. The van der Waals surface area contributed by atoms with Crippen LogP contribution in [0.1, 0.15) is 46.0 Å². The van der Waals surface area contributed by atoms with E-state index in [1.807, 2.05) is 30.3 Å². The molecule has 1 saturated carbocycles. The second kappa shape index (κ2) is 7.62. The van der Waals surface area contributed by atoms with E-state index < -0.39 is 0 Å². The van der Waals surface area contributed by atoms with E-state index in [0.717, 1.165) is 29.7 Å². The summed E-state index contributed by atoms with van der Waals surface area (Å²) in [6.07, 6.45) is 8.63. The van der Waals surface area contributed by atoms with Gasteiger partial charge in [0.2, 0.25) is 0 Å². The van der Waals surface area contributed by atoms with E-state index in [1.165, 1.54) is 25.7 Å². The van der Waals surface area contributed by atoms with Gasteiger partial charge in [-0.25, -0.2) is 0 Å². The number of hydrogen-bond donors (Lipinski definition) is 0. The first-order valence-electron chi connectivity index (χ1n) is 9.66. The van der Waals surface area contributed by atoms with Crippen molar-refractivity contribution in [2.75, 3.05) is 26.2 Å². The average Bonchev–Trinajstić information content (AvgIpc) is 3.15. The van der Waals surface area contributed by atoms with Crippen LogP contribution in [0.3, 0.4) is 0 Å². The van der Waals surface area contributed by atoms with E-state index in [9.17, 15) is 5.26 Å². The number of nitrogens with zero attached hydrogens (tertiary/aromatic N) is 2. The summed E-state index contributed by atoms with van der Waals surface area (Å²) < 4.78 is 6.94. The van der Waals surface area contributed by atoms with Crippen molar-refractivity contribution < 1.29 is 9.22 Å². The molecule has 2 atom stereocenters.